The van der Waals surface area contributed by atoms with Crippen LogP contribution in [-0.2, 0) is 14.3 Å². The van der Waals surface area contributed by atoms with E-state index in [1.165, 1.54) is 14.0 Å². The summed E-state index contributed by atoms with van der Waals surface area (Å²) in [6.07, 6.45) is 0. The number of amides is 2. The number of nitrogens with one attached hydrogen (secondary N) is 2. The molecule has 0 bridgehead atoms. The molecule has 2 amide bonds. The molecule has 7 heteroatoms. The summed E-state index contributed by atoms with van der Waals surface area (Å²) < 4.78 is 10.1. The Morgan fingerprint density at radius 1 is 0.920 bits per heavy atom. The molecule has 0 fully saturated rings. The fourth-order valence-corrected chi connectivity index (χ4v) is 2.05. The highest BCUT2D eigenvalue weighted by Gasteiger charge is 2.13. The second kappa shape index (κ2) is 8.49. The molecule has 0 spiro atoms. The summed E-state index contributed by atoms with van der Waals surface area (Å²) in [4.78, 5) is 34.6. The van der Waals surface area contributed by atoms with Gasteiger partial charge in [-0.15, -0.1) is 0 Å². The first kappa shape index (κ1) is 18.0. The summed E-state index contributed by atoms with van der Waals surface area (Å²) in [7, 11) is 1.27. The van der Waals surface area contributed by atoms with Gasteiger partial charge in [0.05, 0.1) is 7.11 Å². The highest BCUT2D eigenvalue weighted by molar-refractivity contribution is 5.94. The van der Waals surface area contributed by atoms with Crippen LogP contribution in [0.1, 0.15) is 17.3 Å². The van der Waals surface area contributed by atoms with Crippen LogP contribution < -0.4 is 15.4 Å². The van der Waals surface area contributed by atoms with Gasteiger partial charge >= 0.3 is 5.97 Å². The van der Waals surface area contributed by atoms with Crippen molar-refractivity contribution in [3.8, 4) is 5.75 Å². The van der Waals surface area contributed by atoms with Gasteiger partial charge in [-0.25, -0.2) is 4.79 Å². The Bertz CT molecular complexity index is 771. The quantitative estimate of drug-likeness (QED) is 0.787. The molecule has 0 radical (unpaired) electrons. The van der Waals surface area contributed by atoms with Crippen LogP contribution in [0, 0.1) is 0 Å². The van der Waals surface area contributed by atoms with E-state index in [1.54, 1.807) is 48.5 Å². The maximum Gasteiger partial charge on any atom is 0.341 e. The van der Waals surface area contributed by atoms with E-state index >= 15 is 0 Å². The van der Waals surface area contributed by atoms with Crippen LogP contribution in [-0.4, -0.2) is 31.5 Å². The lowest BCUT2D eigenvalue weighted by atomic mass is 10.2. The molecule has 0 heterocycles. The van der Waals surface area contributed by atoms with E-state index in [2.05, 4.69) is 15.4 Å². The van der Waals surface area contributed by atoms with Gasteiger partial charge in [-0.05, 0) is 36.4 Å². The average Bonchev–Trinajstić information content (AvgIpc) is 2.61. The molecule has 25 heavy (non-hydrogen) atoms. The minimum atomic E-state index is -0.537. The Morgan fingerprint density at radius 3 is 2.12 bits per heavy atom. The Hall–Kier alpha value is -3.35. The van der Waals surface area contributed by atoms with Gasteiger partial charge in [0, 0.05) is 18.3 Å². The van der Waals surface area contributed by atoms with E-state index in [0.717, 1.165) is 0 Å². The number of carbonyl (C=O) groups is 3. The smallest absolute Gasteiger partial charge is 0.341 e. The van der Waals surface area contributed by atoms with Gasteiger partial charge in [0.25, 0.3) is 5.91 Å². The van der Waals surface area contributed by atoms with Crippen LogP contribution >= 0.6 is 0 Å². The molecule has 0 aliphatic heterocycles. The number of carbonyl (C=O) groups excluding carboxylic acids is 3. The summed E-state index contributed by atoms with van der Waals surface area (Å²) in [5, 5.41) is 5.30. The molecular weight excluding hydrogens is 324 g/mol. The van der Waals surface area contributed by atoms with E-state index in [4.69, 9.17) is 4.74 Å². The molecule has 2 aromatic rings. The van der Waals surface area contributed by atoms with Gasteiger partial charge in [0.1, 0.15) is 11.3 Å². The summed E-state index contributed by atoms with van der Waals surface area (Å²) in [6, 6.07) is 13.2. The van der Waals surface area contributed by atoms with Gasteiger partial charge < -0.3 is 20.1 Å². The van der Waals surface area contributed by atoms with Crippen LogP contribution in [0.4, 0.5) is 11.4 Å². The molecule has 0 atom stereocenters. The third kappa shape index (κ3) is 5.35. The van der Waals surface area contributed by atoms with E-state index in [-0.39, 0.29) is 29.7 Å². The number of ether oxygens (including phenoxy) is 2. The number of rotatable bonds is 6. The van der Waals surface area contributed by atoms with E-state index < -0.39 is 5.97 Å². The van der Waals surface area contributed by atoms with Gasteiger partial charge in [0.15, 0.2) is 6.61 Å². The number of methoxy groups -OCH3 is 1. The molecule has 0 aliphatic rings. The fourth-order valence-electron chi connectivity index (χ4n) is 2.05. The predicted molar refractivity (Wildman–Crippen MR) is 92.7 cm³/mol. The number of benzene rings is 2. The molecule has 0 aliphatic carbocycles. The first-order chi connectivity index (χ1) is 12.0. The predicted octanol–water partition coefficient (Wildman–Crippen LogP) is 2.45. The monoisotopic (exact) mass is 342 g/mol. The third-order valence-electron chi connectivity index (χ3n) is 3.14. The van der Waals surface area contributed by atoms with Crippen molar-refractivity contribution in [2.24, 2.45) is 0 Å². The number of hydrogen-bond acceptors (Lipinski definition) is 5. The molecule has 0 unspecified atom stereocenters. The second-order valence-corrected chi connectivity index (χ2v) is 5.08. The summed E-state index contributed by atoms with van der Waals surface area (Å²) >= 11 is 0. The van der Waals surface area contributed by atoms with Gasteiger partial charge in [0.2, 0.25) is 5.91 Å². The molecule has 0 aromatic heterocycles. The maximum atomic E-state index is 12.0. The van der Waals surface area contributed by atoms with Crippen molar-refractivity contribution in [1.82, 2.24) is 0 Å². The molecular formula is C18H18N2O5. The van der Waals surface area contributed by atoms with E-state index in [9.17, 15) is 14.4 Å². The molecule has 0 saturated heterocycles. The van der Waals surface area contributed by atoms with Crippen molar-refractivity contribution in [2.45, 2.75) is 6.92 Å². The molecule has 2 rings (SSSR count). The summed E-state index contributed by atoms with van der Waals surface area (Å²) in [5.41, 5.74) is 1.44. The Balaban J connectivity index is 1.93. The maximum absolute atomic E-state index is 12.0. The molecule has 0 saturated carbocycles. The van der Waals surface area contributed by atoms with Gasteiger partial charge in [-0.1, -0.05) is 12.1 Å². The normalized spacial score (nSPS) is 9.84. The van der Waals surface area contributed by atoms with Crippen molar-refractivity contribution in [3.05, 3.63) is 54.1 Å². The van der Waals surface area contributed by atoms with Crippen LogP contribution in [0.3, 0.4) is 0 Å². The fraction of sp³-hybridized carbons (Fsp3) is 0.167. The lowest BCUT2D eigenvalue weighted by molar-refractivity contribution is -0.118. The molecule has 2 aromatic carbocycles. The zero-order chi connectivity index (χ0) is 18.2. The van der Waals surface area contributed by atoms with Crippen molar-refractivity contribution >= 4 is 29.2 Å². The van der Waals surface area contributed by atoms with Crippen LogP contribution in [0.25, 0.3) is 0 Å². The van der Waals surface area contributed by atoms with Crippen molar-refractivity contribution in [3.63, 3.8) is 0 Å². The Morgan fingerprint density at radius 2 is 1.52 bits per heavy atom. The molecule has 130 valence electrons. The third-order valence-corrected chi connectivity index (χ3v) is 3.14. The van der Waals surface area contributed by atoms with Crippen LogP contribution in [0.2, 0.25) is 0 Å². The molecule has 7 nitrogen and oxygen atoms in total. The topological polar surface area (TPSA) is 93.7 Å². The van der Waals surface area contributed by atoms with Crippen molar-refractivity contribution in [2.75, 3.05) is 24.4 Å². The van der Waals surface area contributed by atoms with Gasteiger partial charge in [-0.2, -0.15) is 0 Å². The zero-order valence-corrected chi connectivity index (χ0v) is 13.9. The largest absolute Gasteiger partial charge is 0.483 e. The van der Waals surface area contributed by atoms with Gasteiger partial charge in [-0.3, -0.25) is 9.59 Å². The summed E-state index contributed by atoms with van der Waals surface area (Å²) in [5.74, 6) is -0.823. The minimum Gasteiger partial charge on any atom is -0.483 e. The number of esters is 1. The SMILES string of the molecule is COC(=O)c1ccccc1OCC(=O)Nc1ccc(NC(C)=O)cc1. The zero-order valence-electron chi connectivity index (χ0n) is 13.9. The van der Waals surface area contributed by atoms with Crippen LogP contribution in [0.15, 0.2) is 48.5 Å². The van der Waals surface area contributed by atoms with Crippen molar-refractivity contribution in [1.29, 1.82) is 0 Å². The first-order valence-corrected chi connectivity index (χ1v) is 7.47. The van der Waals surface area contributed by atoms with E-state index in [0.29, 0.717) is 11.4 Å². The highest BCUT2D eigenvalue weighted by atomic mass is 16.5. The lowest BCUT2D eigenvalue weighted by Gasteiger charge is -2.10. The minimum absolute atomic E-state index is 0.172. The standard InChI is InChI=1S/C18H18N2O5/c1-12(21)19-13-7-9-14(10-8-13)20-17(22)11-25-16-6-4-3-5-15(16)18(23)24-2/h3-10H,11H2,1-2H3,(H,19,21)(H,20,22). The van der Waals surface area contributed by atoms with Crippen molar-refractivity contribution < 1.29 is 23.9 Å². The Kier molecular flexibility index (Phi) is 6.11. The van der Waals surface area contributed by atoms with Crippen LogP contribution in [0.5, 0.6) is 5.75 Å². The summed E-state index contributed by atoms with van der Waals surface area (Å²) in [6.45, 7) is 1.15. The number of para-hydroxylation sites is 1. The molecule has 2 N–H and O–H groups in total. The number of anilines is 2. The van der Waals surface area contributed by atoms with E-state index in [1.807, 2.05) is 0 Å². The number of hydrogen-bond donors (Lipinski definition) is 2. The Labute approximate surface area is 144 Å². The second-order valence-electron chi connectivity index (χ2n) is 5.08. The average molecular weight is 342 g/mol. The highest BCUT2D eigenvalue weighted by Crippen LogP contribution is 2.19. The lowest BCUT2D eigenvalue weighted by Crippen LogP contribution is -2.21. The first-order valence-electron chi connectivity index (χ1n) is 7.47.